The zero-order valence-corrected chi connectivity index (χ0v) is 7.44. The molecule has 0 aliphatic carbocycles. The van der Waals surface area contributed by atoms with Gasteiger partial charge in [-0.15, -0.1) is 5.10 Å². The first kappa shape index (κ1) is 8.26. The highest BCUT2D eigenvalue weighted by Gasteiger charge is 2.02. The fourth-order valence-electron chi connectivity index (χ4n) is 0.821. The van der Waals surface area contributed by atoms with Crippen molar-refractivity contribution >= 4 is 12.2 Å². The van der Waals surface area contributed by atoms with E-state index in [-0.39, 0.29) is 0 Å². The molecule has 0 aliphatic rings. The van der Waals surface area contributed by atoms with Crippen LogP contribution in [-0.2, 0) is 6.54 Å². The first-order valence-electron chi connectivity index (χ1n) is 3.57. The fourth-order valence-corrected chi connectivity index (χ4v) is 1.07. The molecule has 0 fully saturated rings. The largest absolute Gasteiger partial charge is 0.464 e. The maximum atomic E-state index is 5.20. The van der Waals surface area contributed by atoms with E-state index < -0.39 is 0 Å². The molecular formula is C6H11N3OS. The second-order valence-electron chi connectivity index (χ2n) is 1.99. The summed E-state index contributed by atoms with van der Waals surface area (Å²) in [7, 11) is 0. The highest BCUT2D eigenvalue weighted by atomic mass is 32.1. The van der Waals surface area contributed by atoms with Gasteiger partial charge in [0, 0.05) is 6.54 Å². The van der Waals surface area contributed by atoms with Gasteiger partial charge < -0.3 is 4.74 Å². The monoisotopic (exact) mass is 173 g/mol. The molecule has 0 unspecified atom stereocenters. The predicted octanol–water partition coefficient (Wildman–Crippen LogP) is 1.36. The van der Waals surface area contributed by atoms with Crippen molar-refractivity contribution in [2.24, 2.45) is 0 Å². The number of nitrogens with one attached hydrogen (secondary N) is 1. The first-order chi connectivity index (χ1) is 5.29. The number of H-pyrrole nitrogens is 1. The summed E-state index contributed by atoms with van der Waals surface area (Å²) in [5.74, 6) is 0. The predicted molar refractivity (Wildman–Crippen MR) is 44.3 cm³/mol. The molecule has 1 rings (SSSR count). The highest BCUT2D eigenvalue weighted by molar-refractivity contribution is 7.71. The zero-order chi connectivity index (χ0) is 8.27. The molecular weight excluding hydrogens is 162 g/mol. The minimum Gasteiger partial charge on any atom is -0.464 e. The number of rotatable bonds is 3. The van der Waals surface area contributed by atoms with Gasteiger partial charge >= 0.3 is 6.01 Å². The van der Waals surface area contributed by atoms with Crippen molar-refractivity contribution in [3.63, 3.8) is 0 Å². The second-order valence-corrected chi connectivity index (χ2v) is 2.38. The normalized spacial score (nSPS) is 10.0. The molecule has 5 heteroatoms. The van der Waals surface area contributed by atoms with Crippen molar-refractivity contribution in [2.75, 3.05) is 6.61 Å². The van der Waals surface area contributed by atoms with Crippen LogP contribution in [-0.4, -0.2) is 21.4 Å². The van der Waals surface area contributed by atoms with E-state index in [1.165, 1.54) is 0 Å². The summed E-state index contributed by atoms with van der Waals surface area (Å²) >= 11 is 4.95. The molecule has 0 atom stereocenters. The Morgan fingerprint density at radius 2 is 2.36 bits per heavy atom. The van der Waals surface area contributed by atoms with Crippen molar-refractivity contribution in [2.45, 2.75) is 20.4 Å². The van der Waals surface area contributed by atoms with Gasteiger partial charge in [-0.25, -0.2) is 5.10 Å². The summed E-state index contributed by atoms with van der Waals surface area (Å²) in [6, 6.07) is 0.569. The third kappa shape index (κ3) is 1.59. The van der Waals surface area contributed by atoms with Crippen LogP contribution >= 0.6 is 12.2 Å². The lowest BCUT2D eigenvalue weighted by atomic mass is 10.7. The number of hydrogen-bond acceptors (Lipinski definition) is 3. The lowest BCUT2D eigenvalue weighted by Crippen LogP contribution is -2.01. The van der Waals surface area contributed by atoms with Crippen molar-refractivity contribution in [3.8, 4) is 6.01 Å². The second kappa shape index (κ2) is 3.52. The Bertz CT molecular complexity index is 278. The Kier molecular flexibility index (Phi) is 2.64. The lowest BCUT2D eigenvalue weighted by Gasteiger charge is -2.01. The van der Waals surface area contributed by atoms with Crippen molar-refractivity contribution in [1.29, 1.82) is 0 Å². The average molecular weight is 173 g/mol. The molecule has 1 heterocycles. The van der Waals surface area contributed by atoms with Gasteiger partial charge in [0.05, 0.1) is 6.61 Å². The van der Waals surface area contributed by atoms with E-state index >= 15 is 0 Å². The molecule has 0 aromatic carbocycles. The number of ether oxygens (including phenoxy) is 1. The van der Waals surface area contributed by atoms with Crippen LogP contribution in [0.5, 0.6) is 6.01 Å². The molecule has 4 nitrogen and oxygen atoms in total. The van der Waals surface area contributed by atoms with Gasteiger partial charge in [0.25, 0.3) is 0 Å². The number of aromatic nitrogens is 3. The Morgan fingerprint density at radius 1 is 1.64 bits per heavy atom. The maximum absolute atomic E-state index is 5.20. The van der Waals surface area contributed by atoms with Crippen LogP contribution in [0.4, 0.5) is 0 Å². The summed E-state index contributed by atoms with van der Waals surface area (Å²) < 4.78 is 7.61. The van der Waals surface area contributed by atoms with Gasteiger partial charge in [-0.3, -0.25) is 4.57 Å². The van der Waals surface area contributed by atoms with Crippen molar-refractivity contribution in [3.05, 3.63) is 4.77 Å². The molecule has 0 saturated heterocycles. The smallest absolute Gasteiger partial charge is 0.315 e. The SMILES string of the molecule is CCOc1n[nH]c(=S)n1CC. The molecule has 0 bridgehead atoms. The third-order valence-electron chi connectivity index (χ3n) is 1.31. The number of nitrogens with zero attached hydrogens (tertiary/aromatic N) is 2. The molecule has 0 saturated carbocycles. The van der Waals surface area contributed by atoms with E-state index in [1.807, 2.05) is 13.8 Å². The van der Waals surface area contributed by atoms with Crippen molar-refractivity contribution < 1.29 is 4.74 Å². The van der Waals surface area contributed by atoms with E-state index in [9.17, 15) is 0 Å². The molecule has 0 spiro atoms. The van der Waals surface area contributed by atoms with Gasteiger partial charge in [-0.2, -0.15) is 0 Å². The average Bonchev–Trinajstić information content (AvgIpc) is 2.33. The summed E-state index contributed by atoms with van der Waals surface area (Å²) in [6.45, 7) is 5.30. The van der Waals surface area contributed by atoms with Crippen molar-refractivity contribution in [1.82, 2.24) is 14.8 Å². The Morgan fingerprint density at radius 3 is 2.91 bits per heavy atom. The molecule has 1 aromatic rings. The number of hydrogen-bond donors (Lipinski definition) is 1. The summed E-state index contributed by atoms with van der Waals surface area (Å²) in [6.07, 6.45) is 0. The molecule has 11 heavy (non-hydrogen) atoms. The zero-order valence-electron chi connectivity index (χ0n) is 6.63. The summed E-state index contributed by atoms with van der Waals surface area (Å²) in [4.78, 5) is 0. The lowest BCUT2D eigenvalue weighted by molar-refractivity contribution is 0.296. The molecule has 0 radical (unpaired) electrons. The van der Waals surface area contributed by atoms with Crippen LogP contribution in [0.3, 0.4) is 0 Å². The minimum atomic E-state index is 0.569. The van der Waals surface area contributed by atoms with Crippen LogP contribution in [0, 0.1) is 4.77 Å². The molecule has 0 aliphatic heterocycles. The minimum absolute atomic E-state index is 0.569. The maximum Gasteiger partial charge on any atom is 0.315 e. The molecule has 0 amide bonds. The van der Waals surface area contributed by atoms with Gasteiger partial charge in [-0.05, 0) is 26.1 Å². The third-order valence-corrected chi connectivity index (χ3v) is 1.62. The first-order valence-corrected chi connectivity index (χ1v) is 3.98. The molecule has 1 aromatic heterocycles. The molecule has 62 valence electrons. The molecule has 1 N–H and O–H groups in total. The Balaban J connectivity index is 2.96. The fraction of sp³-hybridized carbons (Fsp3) is 0.667. The van der Waals surface area contributed by atoms with Gasteiger partial charge in [0.2, 0.25) is 0 Å². The van der Waals surface area contributed by atoms with E-state index in [0.29, 0.717) is 17.4 Å². The summed E-state index contributed by atoms with van der Waals surface area (Å²) in [5.41, 5.74) is 0. The van der Waals surface area contributed by atoms with E-state index in [4.69, 9.17) is 17.0 Å². The van der Waals surface area contributed by atoms with Crippen LogP contribution in [0.15, 0.2) is 0 Å². The van der Waals surface area contributed by atoms with Gasteiger partial charge in [0.15, 0.2) is 4.77 Å². The van der Waals surface area contributed by atoms with Crippen LogP contribution < -0.4 is 4.74 Å². The van der Waals surface area contributed by atoms with Gasteiger partial charge in [-0.1, -0.05) is 0 Å². The Labute approximate surface area is 70.2 Å². The van der Waals surface area contributed by atoms with Crippen LogP contribution in [0.1, 0.15) is 13.8 Å². The number of aromatic amines is 1. The standard InChI is InChI=1S/C6H11N3OS/c1-3-9-5(10-4-2)7-8-6(9)11/h3-4H2,1-2H3,(H,8,11). The highest BCUT2D eigenvalue weighted by Crippen LogP contribution is 2.05. The van der Waals surface area contributed by atoms with E-state index in [1.54, 1.807) is 4.57 Å². The Hall–Kier alpha value is -0.840. The topological polar surface area (TPSA) is 42.8 Å². The quantitative estimate of drug-likeness (QED) is 0.702. The van der Waals surface area contributed by atoms with E-state index in [2.05, 4.69) is 10.2 Å². The summed E-state index contributed by atoms with van der Waals surface area (Å²) in [5, 5.41) is 6.56. The van der Waals surface area contributed by atoms with Gasteiger partial charge in [0.1, 0.15) is 0 Å². The van der Waals surface area contributed by atoms with Crippen LogP contribution in [0.2, 0.25) is 0 Å². The van der Waals surface area contributed by atoms with Crippen LogP contribution in [0.25, 0.3) is 0 Å². The van der Waals surface area contributed by atoms with E-state index in [0.717, 1.165) is 6.54 Å².